The molecule has 0 bridgehead atoms. The second-order valence-electron chi connectivity index (χ2n) is 10.3. The van der Waals surface area contributed by atoms with Crippen molar-refractivity contribution in [2.24, 2.45) is 5.92 Å². The number of carbonyl (C=O) groups is 1. The van der Waals surface area contributed by atoms with Gasteiger partial charge in [0.2, 0.25) is 0 Å². The van der Waals surface area contributed by atoms with Crippen LogP contribution in [0.4, 0.5) is 0 Å². The minimum Gasteiger partial charge on any atom is -0.303 e. The van der Waals surface area contributed by atoms with Gasteiger partial charge in [0.15, 0.2) is 5.78 Å². The lowest BCUT2D eigenvalue weighted by Gasteiger charge is -2.32. The van der Waals surface area contributed by atoms with Crippen molar-refractivity contribution in [2.75, 3.05) is 19.6 Å². The van der Waals surface area contributed by atoms with E-state index in [1.54, 1.807) is 6.08 Å². The third-order valence-electron chi connectivity index (χ3n) is 7.93. The number of benzene rings is 2. The Morgan fingerprint density at radius 3 is 2.34 bits per heavy atom. The lowest BCUT2D eigenvalue weighted by atomic mass is 9.89. The van der Waals surface area contributed by atoms with Crippen molar-refractivity contribution in [3.05, 3.63) is 102 Å². The quantitative estimate of drug-likeness (QED) is 0.203. The summed E-state index contributed by atoms with van der Waals surface area (Å²) in [5.41, 5.74) is 7.50. The van der Waals surface area contributed by atoms with Crippen molar-refractivity contribution in [2.45, 2.75) is 64.2 Å². The molecule has 2 nitrogen and oxygen atoms in total. The summed E-state index contributed by atoms with van der Waals surface area (Å²) in [5, 5.41) is 0. The third kappa shape index (κ3) is 7.15. The molecule has 0 unspecified atom stereocenters. The molecule has 4 rings (SSSR count). The summed E-state index contributed by atoms with van der Waals surface area (Å²) in [4.78, 5) is 15.5. The maximum absolute atomic E-state index is 12.9. The number of allylic oxidation sites excluding steroid dienone is 4. The van der Waals surface area contributed by atoms with E-state index in [9.17, 15) is 4.79 Å². The van der Waals surface area contributed by atoms with Crippen LogP contribution in [0.25, 0.3) is 5.57 Å². The highest BCUT2D eigenvalue weighted by Crippen LogP contribution is 2.26. The number of nitrogens with zero attached hydrogens (tertiary/aromatic N) is 1. The fraction of sp³-hybridized carbons (Fsp3) is 0.424. The largest absolute Gasteiger partial charge is 0.303 e. The Bertz CT molecular complexity index is 1040. The standard InChI is InChI=1S/C33H41NO/c1-3-8-28(4-2)30-14-11-26(12-15-30)19-22-34-23-20-27(21-24-34)13-18-33(35)32-17-16-29-9-6-5-7-10-31(29)25-32/h3-4,8,11-12,14-17,25,27H,1-2,5-7,9-10,13,18-24H2/b28-8+. The first-order chi connectivity index (χ1) is 17.2. The molecule has 0 amide bonds. The van der Waals surface area contributed by atoms with E-state index in [1.165, 1.54) is 60.8 Å². The minimum absolute atomic E-state index is 0.338. The van der Waals surface area contributed by atoms with Crippen LogP contribution in [0, 0.1) is 5.92 Å². The molecule has 1 saturated heterocycles. The number of aryl methyl sites for hydroxylation is 2. The maximum Gasteiger partial charge on any atom is 0.162 e. The van der Waals surface area contributed by atoms with Gasteiger partial charge in [-0.25, -0.2) is 0 Å². The fourth-order valence-electron chi connectivity index (χ4n) is 5.62. The number of Topliss-reactive ketones (excluding diaryl/α,β-unsaturated/α-hetero) is 1. The molecule has 0 atom stereocenters. The summed E-state index contributed by atoms with van der Waals surface area (Å²) in [6.45, 7) is 11.1. The lowest BCUT2D eigenvalue weighted by molar-refractivity contribution is 0.0962. The van der Waals surface area contributed by atoms with Gasteiger partial charge in [0.1, 0.15) is 0 Å². The van der Waals surface area contributed by atoms with E-state index in [-0.39, 0.29) is 0 Å². The summed E-state index contributed by atoms with van der Waals surface area (Å²) < 4.78 is 0. The van der Waals surface area contributed by atoms with Gasteiger partial charge >= 0.3 is 0 Å². The number of ketones is 1. The van der Waals surface area contributed by atoms with E-state index >= 15 is 0 Å². The van der Waals surface area contributed by atoms with Crippen molar-refractivity contribution in [3.8, 4) is 0 Å². The van der Waals surface area contributed by atoms with Gasteiger partial charge in [-0.05, 0) is 104 Å². The summed E-state index contributed by atoms with van der Waals surface area (Å²) in [6.07, 6.45) is 17.1. The Labute approximate surface area is 212 Å². The fourth-order valence-corrected chi connectivity index (χ4v) is 5.62. The number of carbonyl (C=O) groups excluding carboxylic acids is 1. The lowest BCUT2D eigenvalue weighted by Crippen LogP contribution is -2.35. The zero-order valence-corrected chi connectivity index (χ0v) is 21.3. The number of hydrogen-bond donors (Lipinski definition) is 0. The van der Waals surface area contributed by atoms with Crippen molar-refractivity contribution in [1.82, 2.24) is 4.90 Å². The maximum atomic E-state index is 12.9. The topological polar surface area (TPSA) is 20.3 Å². The molecule has 2 aromatic carbocycles. The predicted octanol–water partition coefficient (Wildman–Crippen LogP) is 7.63. The molecule has 1 fully saturated rings. The van der Waals surface area contributed by atoms with Gasteiger partial charge in [-0.3, -0.25) is 4.79 Å². The zero-order chi connectivity index (χ0) is 24.5. The van der Waals surface area contributed by atoms with Gasteiger partial charge < -0.3 is 4.90 Å². The van der Waals surface area contributed by atoms with Gasteiger partial charge in [0.25, 0.3) is 0 Å². The molecule has 184 valence electrons. The van der Waals surface area contributed by atoms with Crippen LogP contribution in [-0.2, 0) is 19.3 Å². The van der Waals surface area contributed by atoms with E-state index in [2.05, 4.69) is 60.5 Å². The number of rotatable bonds is 10. The van der Waals surface area contributed by atoms with Crippen LogP contribution >= 0.6 is 0 Å². The molecule has 0 radical (unpaired) electrons. The average molecular weight is 468 g/mol. The minimum atomic E-state index is 0.338. The average Bonchev–Trinajstić information content (AvgIpc) is 3.15. The second-order valence-corrected chi connectivity index (χ2v) is 10.3. The normalized spacial score (nSPS) is 17.4. The number of fused-ring (bicyclic) bond motifs is 1. The molecular weight excluding hydrogens is 426 g/mol. The molecule has 0 aromatic heterocycles. The van der Waals surface area contributed by atoms with Crippen molar-refractivity contribution < 1.29 is 4.79 Å². The van der Waals surface area contributed by atoms with Crippen LogP contribution < -0.4 is 0 Å². The second kappa shape index (κ2) is 12.8. The molecule has 1 aliphatic carbocycles. The highest BCUT2D eigenvalue weighted by atomic mass is 16.1. The van der Waals surface area contributed by atoms with E-state index in [1.807, 2.05) is 12.2 Å². The Balaban J connectivity index is 1.18. The van der Waals surface area contributed by atoms with Crippen LogP contribution in [0.5, 0.6) is 0 Å². The molecule has 0 spiro atoms. The summed E-state index contributed by atoms with van der Waals surface area (Å²) in [5.74, 6) is 1.02. The Kier molecular flexibility index (Phi) is 9.31. The van der Waals surface area contributed by atoms with Crippen LogP contribution in [0.1, 0.15) is 77.6 Å². The van der Waals surface area contributed by atoms with Gasteiger partial charge in [0, 0.05) is 18.5 Å². The molecule has 0 N–H and O–H groups in total. The van der Waals surface area contributed by atoms with E-state index in [0.717, 1.165) is 50.0 Å². The summed E-state index contributed by atoms with van der Waals surface area (Å²) in [6, 6.07) is 15.3. The van der Waals surface area contributed by atoms with Crippen molar-refractivity contribution >= 4 is 11.4 Å². The number of likely N-dealkylation sites (tertiary alicyclic amines) is 1. The Morgan fingerprint density at radius 2 is 1.63 bits per heavy atom. The zero-order valence-electron chi connectivity index (χ0n) is 21.3. The Hall–Kier alpha value is -2.71. The van der Waals surface area contributed by atoms with Gasteiger partial charge in [0.05, 0.1) is 0 Å². The first kappa shape index (κ1) is 25.4. The van der Waals surface area contributed by atoms with Crippen LogP contribution in [0.15, 0.2) is 73.9 Å². The highest BCUT2D eigenvalue weighted by molar-refractivity contribution is 5.96. The van der Waals surface area contributed by atoms with Crippen molar-refractivity contribution in [1.29, 1.82) is 0 Å². The van der Waals surface area contributed by atoms with Crippen LogP contribution in [-0.4, -0.2) is 30.3 Å². The molecule has 1 aliphatic heterocycles. The molecule has 2 aliphatic rings. The smallest absolute Gasteiger partial charge is 0.162 e. The van der Waals surface area contributed by atoms with Crippen molar-refractivity contribution in [3.63, 3.8) is 0 Å². The van der Waals surface area contributed by atoms with Crippen LogP contribution in [0.3, 0.4) is 0 Å². The van der Waals surface area contributed by atoms with E-state index in [4.69, 9.17) is 0 Å². The first-order valence-electron chi connectivity index (χ1n) is 13.6. The summed E-state index contributed by atoms with van der Waals surface area (Å²) >= 11 is 0. The Morgan fingerprint density at radius 1 is 0.914 bits per heavy atom. The third-order valence-corrected chi connectivity index (χ3v) is 7.93. The SMILES string of the molecule is C=C/C=C(\C=C)c1ccc(CCN2CCC(CCC(=O)c3ccc4c(c3)CCCCC4)CC2)cc1. The number of piperidine rings is 1. The van der Waals surface area contributed by atoms with Gasteiger partial charge in [-0.2, -0.15) is 0 Å². The first-order valence-corrected chi connectivity index (χ1v) is 13.6. The molecule has 2 aromatic rings. The molecular formula is C33H41NO. The molecule has 2 heteroatoms. The van der Waals surface area contributed by atoms with Gasteiger partial charge in [-0.1, -0.05) is 74.2 Å². The van der Waals surface area contributed by atoms with Crippen LogP contribution in [0.2, 0.25) is 0 Å². The molecule has 0 saturated carbocycles. The van der Waals surface area contributed by atoms with Gasteiger partial charge in [-0.15, -0.1) is 0 Å². The monoisotopic (exact) mass is 467 g/mol. The molecule has 35 heavy (non-hydrogen) atoms. The number of hydrogen-bond acceptors (Lipinski definition) is 2. The van der Waals surface area contributed by atoms with E-state index in [0.29, 0.717) is 18.1 Å². The highest BCUT2D eigenvalue weighted by Gasteiger charge is 2.20. The predicted molar refractivity (Wildman–Crippen MR) is 149 cm³/mol. The van der Waals surface area contributed by atoms with E-state index < -0.39 is 0 Å². The molecule has 1 heterocycles. The summed E-state index contributed by atoms with van der Waals surface area (Å²) in [7, 11) is 0.